The quantitative estimate of drug-likeness (QED) is 0.613. The van der Waals surface area contributed by atoms with Crippen LogP contribution in [0.1, 0.15) is 19.5 Å². The van der Waals surface area contributed by atoms with E-state index >= 15 is 0 Å². The fourth-order valence-electron chi connectivity index (χ4n) is 1.04. The molecule has 16 heavy (non-hydrogen) atoms. The number of anilines is 1. The lowest BCUT2D eigenvalue weighted by molar-refractivity contribution is -0.144. The Bertz CT molecular complexity index is 449. The number of aromatic nitrogens is 1. The van der Waals surface area contributed by atoms with Gasteiger partial charge in [-0.2, -0.15) is 0 Å². The Kier molecular flexibility index (Phi) is 3.44. The van der Waals surface area contributed by atoms with E-state index in [1.165, 1.54) is 31.3 Å². The summed E-state index contributed by atoms with van der Waals surface area (Å²) in [4.78, 5) is 25.7. The maximum absolute atomic E-state index is 10.9. The molecule has 1 rings (SSSR count). The summed E-state index contributed by atoms with van der Waals surface area (Å²) in [7, 11) is 0. The van der Waals surface area contributed by atoms with Crippen molar-refractivity contribution in [2.45, 2.75) is 13.8 Å². The van der Waals surface area contributed by atoms with E-state index in [0.29, 0.717) is 17.1 Å². The number of carboxylic acids is 1. The van der Waals surface area contributed by atoms with Crippen LogP contribution < -0.4 is 5.73 Å². The molecule has 6 heteroatoms. The third-order valence-electron chi connectivity index (χ3n) is 2.01. The molecule has 1 aromatic heterocycles. The predicted molar refractivity (Wildman–Crippen MR) is 62.0 cm³/mol. The topological polar surface area (TPSA) is 93.3 Å². The van der Waals surface area contributed by atoms with Crippen LogP contribution in [-0.4, -0.2) is 22.3 Å². The molecule has 5 nitrogen and oxygen atoms in total. The molecule has 0 amide bonds. The molecule has 0 aliphatic rings. The summed E-state index contributed by atoms with van der Waals surface area (Å²) < 4.78 is 0. The summed E-state index contributed by atoms with van der Waals surface area (Å²) in [5, 5.41) is 10.9. The minimum Gasteiger partial charge on any atom is -0.481 e. The number of nitrogen functional groups attached to an aromatic ring is 1. The Hall–Kier alpha value is -1.69. The Morgan fingerprint density at radius 3 is 2.62 bits per heavy atom. The highest BCUT2D eigenvalue weighted by atomic mass is 32.1. The highest BCUT2D eigenvalue weighted by Gasteiger charge is 2.25. The fraction of sp³-hybridized carbons (Fsp3) is 0.300. The van der Waals surface area contributed by atoms with E-state index < -0.39 is 11.4 Å². The number of hydrogen-bond donors (Lipinski definition) is 2. The first-order chi connectivity index (χ1) is 7.36. The van der Waals surface area contributed by atoms with Crippen molar-refractivity contribution >= 4 is 34.3 Å². The van der Waals surface area contributed by atoms with Gasteiger partial charge in [0, 0.05) is 11.0 Å². The van der Waals surface area contributed by atoms with Crippen LogP contribution in [0.15, 0.2) is 11.5 Å². The van der Waals surface area contributed by atoms with Gasteiger partial charge in [0.1, 0.15) is 0 Å². The molecular formula is C10H12N2O3S. The van der Waals surface area contributed by atoms with Crippen LogP contribution in [0.3, 0.4) is 0 Å². The van der Waals surface area contributed by atoms with E-state index in [1.54, 1.807) is 5.38 Å². The van der Waals surface area contributed by atoms with E-state index in [-0.39, 0.29) is 5.57 Å². The molecule has 0 spiro atoms. The predicted octanol–water partition coefficient (Wildman–Crippen LogP) is 1.42. The Morgan fingerprint density at radius 2 is 2.25 bits per heavy atom. The third kappa shape index (κ3) is 2.66. The number of allylic oxidation sites excluding steroid dienone is 1. The van der Waals surface area contributed by atoms with Gasteiger partial charge in [0.2, 0.25) is 0 Å². The van der Waals surface area contributed by atoms with Crippen molar-refractivity contribution in [2.75, 3.05) is 5.73 Å². The second-order valence-corrected chi connectivity index (χ2v) is 4.71. The summed E-state index contributed by atoms with van der Waals surface area (Å²) in [6, 6.07) is 0. The molecule has 1 heterocycles. The summed E-state index contributed by atoms with van der Waals surface area (Å²) in [5.41, 5.74) is 4.97. The average molecular weight is 240 g/mol. The minimum atomic E-state index is -1.12. The summed E-state index contributed by atoms with van der Waals surface area (Å²) >= 11 is 1.20. The number of thiazole rings is 1. The average Bonchev–Trinajstić information content (AvgIpc) is 2.61. The number of carboxylic acid groups (broad SMARTS) is 1. The van der Waals surface area contributed by atoms with Crippen LogP contribution in [0, 0.1) is 5.41 Å². The van der Waals surface area contributed by atoms with Crippen molar-refractivity contribution in [1.29, 1.82) is 0 Å². The lowest BCUT2D eigenvalue weighted by Gasteiger charge is -2.14. The largest absolute Gasteiger partial charge is 0.481 e. The second kappa shape index (κ2) is 4.44. The Labute approximate surface area is 96.6 Å². The fourth-order valence-corrected chi connectivity index (χ4v) is 1.61. The molecular weight excluding hydrogens is 228 g/mol. The maximum Gasteiger partial charge on any atom is 0.312 e. The number of aldehydes is 1. The van der Waals surface area contributed by atoms with Crippen molar-refractivity contribution in [3.05, 3.63) is 17.2 Å². The molecule has 0 aliphatic heterocycles. The monoisotopic (exact) mass is 240 g/mol. The Morgan fingerprint density at radius 1 is 1.62 bits per heavy atom. The van der Waals surface area contributed by atoms with E-state index in [4.69, 9.17) is 10.8 Å². The molecule has 86 valence electrons. The third-order valence-corrected chi connectivity index (χ3v) is 2.69. The number of hydrogen-bond acceptors (Lipinski definition) is 5. The highest BCUT2D eigenvalue weighted by Crippen LogP contribution is 2.25. The molecule has 0 saturated heterocycles. The van der Waals surface area contributed by atoms with E-state index in [2.05, 4.69) is 4.98 Å². The summed E-state index contributed by atoms with van der Waals surface area (Å²) in [6.07, 6.45) is 1.95. The lowest BCUT2D eigenvalue weighted by atomic mass is 9.90. The van der Waals surface area contributed by atoms with Crippen molar-refractivity contribution in [3.8, 4) is 0 Å². The number of carbonyl (C=O) groups is 2. The first-order valence-electron chi connectivity index (χ1n) is 4.49. The molecule has 0 atom stereocenters. The second-order valence-electron chi connectivity index (χ2n) is 3.82. The first-order valence-corrected chi connectivity index (χ1v) is 5.37. The van der Waals surface area contributed by atoms with Crippen LogP contribution in [0.2, 0.25) is 0 Å². The molecule has 3 N–H and O–H groups in total. The zero-order chi connectivity index (χ0) is 12.3. The van der Waals surface area contributed by atoms with Crippen LogP contribution in [0.5, 0.6) is 0 Å². The number of nitrogens with zero attached hydrogens (tertiary/aromatic N) is 1. The van der Waals surface area contributed by atoms with Crippen molar-refractivity contribution < 1.29 is 14.7 Å². The Balaban J connectivity index is 3.13. The van der Waals surface area contributed by atoms with Gasteiger partial charge in [-0.3, -0.25) is 9.59 Å². The number of nitrogens with two attached hydrogens (primary N) is 1. The molecule has 0 aliphatic carbocycles. The van der Waals surface area contributed by atoms with Crippen LogP contribution in [0.25, 0.3) is 5.57 Å². The molecule has 1 aromatic rings. The first kappa shape index (κ1) is 12.4. The number of carbonyl (C=O) groups excluding carboxylic acids is 1. The van der Waals surface area contributed by atoms with Gasteiger partial charge in [0.25, 0.3) is 0 Å². The van der Waals surface area contributed by atoms with Gasteiger partial charge in [0.15, 0.2) is 11.4 Å². The van der Waals surface area contributed by atoms with Crippen molar-refractivity contribution in [3.63, 3.8) is 0 Å². The minimum absolute atomic E-state index is 0.236. The smallest absolute Gasteiger partial charge is 0.312 e. The van der Waals surface area contributed by atoms with Gasteiger partial charge >= 0.3 is 5.97 Å². The van der Waals surface area contributed by atoms with Crippen LogP contribution in [0.4, 0.5) is 5.13 Å². The zero-order valence-electron chi connectivity index (χ0n) is 8.93. The van der Waals surface area contributed by atoms with Crippen LogP contribution >= 0.6 is 11.3 Å². The molecule has 0 radical (unpaired) electrons. The molecule has 0 fully saturated rings. The SMILES string of the molecule is CC(C)(/C=C(\C=O)c1csc(N)n1)C(=O)O. The summed E-state index contributed by atoms with van der Waals surface area (Å²) in [6.45, 7) is 3.02. The zero-order valence-corrected chi connectivity index (χ0v) is 9.75. The van der Waals surface area contributed by atoms with Gasteiger partial charge in [-0.25, -0.2) is 4.98 Å². The molecule has 0 saturated carbocycles. The van der Waals surface area contributed by atoms with Gasteiger partial charge in [0.05, 0.1) is 11.1 Å². The van der Waals surface area contributed by atoms with Gasteiger partial charge in [-0.15, -0.1) is 11.3 Å². The highest BCUT2D eigenvalue weighted by molar-refractivity contribution is 7.13. The van der Waals surface area contributed by atoms with Crippen molar-refractivity contribution in [2.24, 2.45) is 5.41 Å². The molecule has 0 unspecified atom stereocenters. The lowest BCUT2D eigenvalue weighted by Crippen LogP contribution is -2.21. The maximum atomic E-state index is 10.9. The van der Waals surface area contributed by atoms with Gasteiger partial charge in [-0.05, 0) is 13.8 Å². The van der Waals surface area contributed by atoms with Crippen LogP contribution in [-0.2, 0) is 9.59 Å². The normalized spacial score (nSPS) is 12.5. The summed E-state index contributed by atoms with van der Waals surface area (Å²) in [5.74, 6) is -1.00. The number of aliphatic carboxylic acids is 1. The number of rotatable bonds is 4. The van der Waals surface area contributed by atoms with E-state index in [9.17, 15) is 9.59 Å². The van der Waals surface area contributed by atoms with Gasteiger partial charge in [-0.1, -0.05) is 6.08 Å². The molecule has 0 aromatic carbocycles. The molecule has 0 bridgehead atoms. The van der Waals surface area contributed by atoms with E-state index in [0.717, 1.165) is 0 Å². The standard InChI is InChI=1S/C10H12N2O3S/c1-10(2,8(14)15)3-6(4-13)7-5-16-9(11)12-7/h3-5H,1-2H3,(H2,11,12)(H,14,15)/b6-3+. The van der Waals surface area contributed by atoms with Crippen molar-refractivity contribution in [1.82, 2.24) is 4.98 Å². The van der Waals surface area contributed by atoms with E-state index in [1.807, 2.05) is 0 Å². The van der Waals surface area contributed by atoms with Gasteiger partial charge < -0.3 is 10.8 Å².